The second-order valence-corrected chi connectivity index (χ2v) is 6.58. The number of fused-ring (bicyclic) bond motifs is 1. The lowest BCUT2D eigenvalue weighted by Gasteiger charge is -2.21. The van der Waals surface area contributed by atoms with Crippen LogP contribution in [-0.4, -0.2) is 34.7 Å². The highest BCUT2D eigenvalue weighted by Gasteiger charge is 2.08. The Bertz CT molecular complexity index is 807. The van der Waals surface area contributed by atoms with Crippen molar-refractivity contribution in [3.8, 4) is 0 Å². The van der Waals surface area contributed by atoms with Gasteiger partial charge in [0.15, 0.2) is 5.16 Å². The van der Waals surface area contributed by atoms with Gasteiger partial charge in [-0.15, -0.1) is 0 Å². The Hall–Kier alpha value is -2.47. The Balaban J connectivity index is 1.55. The highest BCUT2D eigenvalue weighted by Crippen LogP contribution is 2.20. The van der Waals surface area contributed by atoms with Crippen molar-refractivity contribution in [2.24, 2.45) is 0 Å². The first-order valence-corrected chi connectivity index (χ1v) is 9.40. The molecule has 0 bridgehead atoms. The van der Waals surface area contributed by atoms with E-state index in [2.05, 4.69) is 34.0 Å². The molecule has 5 nitrogen and oxygen atoms in total. The Morgan fingerprint density at radius 3 is 2.52 bits per heavy atom. The minimum absolute atomic E-state index is 0.0407. The number of rotatable bonds is 7. The van der Waals surface area contributed by atoms with Crippen molar-refractivity contribution in [1.82, 2.24) is 9.97 Å². The van der Waals surface area contributed by atoms with Crippen LogP contribution in [0, 0.1) is 0 Å². The van der Waals surface area contributed by atoms with Gasteiger partial charge in [-0.05, 0) is 50.2 Å². The van der Waals surface area contributed by atoms with Gasteiger partial charge in [0.05, 0.1) is 16.8 Å². The number of carbonyl (C=O) groups is 1. The van der Waals surface area contributed by atoms with Crippen LogP contribution >= 0.6 is 11.8 Å². The third-order valence-electron chi connectivity index (χ3n) is 3.99. The van der Waals surface area contributed by atoms with Crippen LogP contribution in [0.5, 0.6) is 0 Å². The molecule has 3 rings (SSSR count). The van der Waals surface area contributed by atoms with Crippen molar-refractivity contribution in [1.29, 1.82) is 0 Å². The molecule has 0 aliphatic rings. The minimum Gasteiger partial charge on any atom is -0.372 e. The summed E-state index contributed by atoms with van der Waals surface area (Å²) >= 11 is 1.40. The summed E-state index contributed by atoms with van der Waals surface area (Å²) < 4.78 is 0. The number of benzene rings is 2. The van der Waals surface area contributed by atoms with Crippen LogP contribution < -0.4 is 10.2 Å². The molecular formula is C19H22N4OS. The van der Waals surface area contributed by atoms with E-state index < -0.39 is 0 Å². The minimum atomic E-state index is -0.0407. The topological polar surface area (TPSA) is 61.0 Å². The fourth-order valence-electron chi connectivity index (χ4n) is 2.67. The van der Waals surface area contributed by atoms with Crippen LogP contribution in [0.4, 0.5) is 11.4 Å². The molecule has 2 N–H and O–H groups in total. The third kappa shape index (κ3) is 4.33. The lowest BCUT2D eigenvalue weighted by atomic mass is 10.2. The molecule has 130 valence electrons. The number of amides is 1. The Morgan fingerprint density at radius 1 is 1.12 bits per heavy atom. The number of nitrogens with zero attached hydrogens (tertiary/aromatic N) is 2. The van der Waals surface area contributed by atoms with E-state index in [9.17, 15) is 4.79 Å². The van der Waals surface area contributed by atoms with Crippen molar-refractivity contribution in [2.45, 2.75) is 19.0 Å². The summed E-state index contributed by atoms with van der Waals surface area (Å²) in [6, 6.07) is 15.8. The maximum atomic E-state index is 12.1. The van der Waals surface area contributed by atoms with Gasteiger partial charge >= 0.3 is 0 Å². The molecule has 0 saturated heterocycles. The maximum Gasteiger partial charge on any atom is 0.234 e. The van der Waals surface area contributed by atoms with Crippen molar-refractivity contribution in [3.63, 3.8) is 0 Å². The van der Waals surface area contributed by atoms with Gasteiger partial charge in [0.25, 0.3) is 0 Å². The highest BCUT2D eigenvalue weighted by atomic mass is 32.2. The van der Waals surface area contributed by atoms with Crippen LogP contribution in [0.25, 0.3) is 11.0 Å². The summed E-state index contributed by atoms with van der Waals surface area (Å²) in [6.07, 6.45) is 0. The smallest absolute Gasteiger partial charge is 0.234 e. The molecule has 0 fully saturated rings. The summed E-state index contributed by atoms with van der Waals surface area (Å²) in [7, 11) is 0. The molecule has 6 heteroatoms. The molecule has 1 aromatic heterocycles. The highest BCUT2D eigenvalue weighted by molar-refractivity contribution is 7.99. The molecule has 0 aliphatic carbocycles. The van der Waals surface area contributed by atoms with E-state index in [0.717, 1.165) is 35.0 Å². The number of imidazole rings is 1. The first kappa shape index (κ1) is 17.4. The van der Waals surface area contributed by atoms with Crippen molar-refractivity contribution in [3.05, 3.63) is 48.5 Å². The number of anilines is 2. The van der Waals surface area contributed by atoms with Gasteiger partial charge in [0.1, 0.15) is 0 Å². The van der Waals surface area contributed by atoms with Crippen molar-refractivity contribution < 1.29 is 4.79 Å². The summed E-state index contributed by atoms with van der Waals surface area (Å²) in [6.45, 7) is 6.20. The Labute approximate surface area is 151 Å². The SMILES string of the molecule is CCN(CC)c1ccc(NC(=O)CSc2nc3ccccc3[nH]2)cc1. The largest absolute Gasteiger partial charge is 0.372 e. The summed E-state index contributed by atoms with van der Waals surface area (Å²) in [4.78, 5) is 22.1. The molecule has 2 aromatic carbocycles. The second-order valence-electron chi connectivity index (χ2n) is 5.62. The fraction of sp³-hybridized carbons (Fsp3) is 0.263. The van der Waals surface area contributed by atoms with E-state index in [4.69, 9.17) is 0 Å². The van der Waals surface area contributed by atoms with Gasteiger partial charge in [0, 0.05) is 24.5 Å². The molecule has 0 radical (unpaired) electrons. The van der Waals surface area contributed by atoms with E-state index in [1.807, 2.05) is 48.5 Å². The van der Waals surface area contributed by atoms with E-state index >= 15 is 0 Å². The molecule has 3 aromatic rings. The monoisotopic (exact) mass is 354 g/mol. The normalized spacial score (nSPS) is 10.8. The summed E-state index contributed by atoms with van der Waals surface area (Å²) in [5.74, 6) is 0.276. The third-order valence-corrected chi connectivity index (χ3v) is 4.86. The first-order chi connectivity index (χ1) is 12.2. The average molecular weight is 354 g/mol. The van der Waals surface area contributed by atoms with Gasteiger partial charge in [-0.1, -0.05) is 23.9 Å². The van der Waals surface area contributed by atoms with E-state index in [1.165, 1.54) is 17.4 Å². The maximum absolute atomic E-state index is 12.1. The number of carbonyl (C=O) groups excluding carboxylic acids is 1. The molecule has 0 spiro atoms. The predicted molar refractivity (Wildman–Crippen MR) is 105 cm³/mol. The van der Waals surface area contributed by atoms with Gasteiger partial charge in [-0.2, -0.15) is 0 Å². The van der Waals surface area contributed by atoms with Gasteiger partial charge in [-0.25, -0.2) is 4.98 Å². The number of hydrogen-bond donors (Lipinski definition) is 2. The first-order valence-electron chi connectivity index (χ1n) is 8.42. The van der Waals surface area contributed by atoms with Crippen molar-refractivity contribution >= 4 is 40.1 Å². The average Bonchev–Trinajstić information content (AvgIpc) is 3.05. The summed E-state index contributed by atoms with van der Waals surface area (Å²) in [5, 5.41) is 3.69. The number of thioether (sulfide) groups is 1. The second kappa shape index (κ2) is 8.07. The lowest BCUT2D eigenvalue weighted by molar-refractivity contribution is -0.113. The molecule has 0 atom stereocenters. The molecule has 0 unspecified atom stereocenters. The van der Waals surface area contributed by atoms with Crippen LogP contribution in [-0.2, 0) is 4.79 Å². The molecule has 0 saturated carbocycles. The van der Waals surface area contributed by atoms with Crippen LogP contribution in [0.15, 0.2) is 53.7 Å². The Kier molecular flexibility index (Phi) is 5.60. The molecular weight excluding hydrogens is 332 g/mol. The van der Waals surface area contributed by atoms with E-state index in [-0.39, 0.29) is 5.91 Å². The van der Waals surface area contributed by atoms with E-state index in [0.29, 0.717) is 5.75 Å². The molecule has 25 heavy (non-hydrogen) atoms. The van der Waals surface area contributed by atoms with E-state index in [1.54, 1.807) is 0 Å². The van der Waals surface area contributed by atoms with Gasteiger partial charge < -0.3 is 15.2 Å². The fourth-order valence-corrected chi connectivity index (χ4v) is 3.36. The van der Waals surface area contributed by atoms with Gasteiger partial charge in [-0.3, -0.25) is 4.79 Å². The van der Waals surface area contributed by atoms with Gasteiger partial charge in [0.2, 0.25) is 5.91 Å². The number of H-pyrrole nitrogens is 1. The zero-order valence-electron chi connectivity index (χ0n) is 14.5. The van der Waals surface area contributed by atoms with Crippen LogP contribution in [0.2, 0.25) is 0 Å². The molecule has 0 aliphatic heterocycles. The van der Waals surface area contributed by atoms with Crippen molar-refractivity contribution in [2.75, 3.05) is 29.1 Å². The summed E-state index contributed by atoms with van der Waals surface area (Å²) in [5.41, 5.74) is 3.88. The number of aromatic amines is 1. The lowest BCUT2D eigenvalue weighted by Crippen LogP contribution is -2.21. The zero-order chi connectivity index (χ0) is 17.6. The molecule has 1 heterocycles. The quantitative estimate of drug-likeness (QED) is 0.626. The Morgan fingerprint density at radius 2 is 1.84 bits per heavy atom. The van der Waals surface area contributed by atoms with Crippen LogP contribution in [0.1, 0.15) is 13.8 Å². The number of para-hydroxylation sites is 2. The zero-order valence-corrected chi connectivity index (χ0v) is 15.3. The number of hydrogen-bond acceptors (Lipinski definition) is 4. The standard InChI is InChI=1S/C19H22N4OS/c1-3-23(4-2)15-11-9-14(10-12-15)20-18(24)13-25-19-21-16-7-5-6-8-17(16)22-19/h5-12H,3-4,13H2,1-2H3,(H,20,24)(H,21,22). The number of aromatic nitrogens is 2. The molecule has 1 amide bonds. The number of nitrogens with one attached hydrogen (secondary N) is 2. The predicted octanol–water partition coefficient (Wildman–Crippen LogP) is 4.14. The van der Waals surface area contributed by atoms with Crippen LogP contribution in [0.3, 0.4) is 0 Å².